The van der Waals surface area contributed by atoms with Gasteiger partial charge in [0.25, 0.3) is 5.79 Å². The van der Waals surface area contributed by atoms with E-state index in [9.17, 15) is 29.2 Å². The Balaban J connectivity index is 1.02. The first-order chi connectivity index (χ1) is 42.0. The van der Waals surface area contributed by atoms with E-state index in [1.54, 1.807) is 103 Å². The smallest absolute Gasteiger partial charge is 0.338 e. The maximum atomic E-state index is 14.6. The zero-order valence-electron chi connectivity index (χ0n) is 46.3. The fourth-order valence-corrected chi connectivity index (χ4v) is 10.6. The van der Waals surface area contributed by atoms with Crippen molar-refractivity contribution in [1.29, 1.82) is 5.26 Å². The largest absolute Gasteiger partial charge is 0.453 e. The van der Waals surface area contributed by atoms with E-state index in [-0.39, 0.29) is 27.8 Å². The summed E-state index contributed by atoms with van der Waals surface area (Å²) in [4.78, 5) is 72.1. The van der Waals surface area contributed by atoms with Gasteiger partial charge in [-0.1, -0.05) is 182 Å². The molecule has 8 aromatic carbocycles. The van der Waals surface area contributed by atoms with Gasteiger partial charge in [-0.15, -0.1) is 0 Å². The number of fused-ring (bicyclic) bond motifs is 1. The van der Waals surface area contributed by atoms with Gasteiger partial charge >= 0.3 is 29.8 Å². The van der Waals surface area contributed by atoms with Crippen LogP contribution in [-0.2, 0) is 57.7 Å². The third kappa shape index (κ3) is 12.9. The van der Waals surface area contributed by atoms with Crippen LogP contribution in [-0.4, -0.2) is 110 Å². The van der Waals surface area contributed by atoms with Gasteiger partial charge in [-0.05, 0) is 77.4 Å². The van der Waals surface area contributed by atoms with Gasteiger partial charge in [0.15, 0.2) is 49.2 Å². The Hall–Kier alpha value is -9.64. The summed E-state index contributed by atoms with van der Waals surface area (Å²) in [5, 5.41) is 10.1. The second kappa shape index (κ2) is 26.5. The summed E-state index contributed by atoms with van der Waals surface area (Å²) in [6.45, 7) is 0.221. The van der Waals surface area contributed by atoms with Gasteiger partial charge in [0.05, 0.1) is 41.0 Å². The molecule has 3 aliphatic rings. The molecule has 434 valence electrons. The molecule has 11 rings (SSSR count). The van der Waals surface area contributed by atoms with Crippen molar-refractivity contribution in [1.82, 2.24) is 0 Å². The van der Waals surface area contributed by atoms with E-state index in [2.05, 4.69) is 0 Å². The van der Waals surface area contributed by atoms with Gasteiger partial charge in [0.1, 0.15) is 23.9 Å². The molecule has 0 unspecified atom stereocenters. The van der Waals surface area contributed by atoms with Crippen molar-refractivity contribution >= 4 is 29.8 Å². The predicted molar refractivity (Wildman–Crippen MR) is 307 cm³/mol. The van der Waals surface area contributed by atoms with Crippen LogP contribution < -0.4 is 0 Å². The topological polar surface area (TPSA) is 211 Å². The summed E-state index contributed by atoms with van der Waals surface area (Å²) in [7, 11) is 0. The minimum absolute atomic E-state index is 0.101. The zero-order chi connectivity index (χ0) is 59.5. The molecule has 0 radical (unpaired) electrons. The lowest BCUT2D eigenvalue weighted by Gasteiger charge is -2.38. The molecule has 8 aromatic rings. The highest BCUT2D eigenvalue weighted by molar-refractivity contribution is 5.92. The van der Waals surface area contributed by atoms with E-state index in [4.69, 9.17) is 52.1 Å². The average Bonchev–Trinajstić information content (AvgIpc) is 1.73. The quantitative estimate of drug-likeness (QED) is 0.0372. The molecule has 11 atom stereocenters. The van der Waals surface area contributed by atoms with Gasteiger partial charge in [-0.3, -0.25) is 0 Å². The van der Waals surface area contributed by atoms with E-state index in [1.165, 1.54) is 55.5 Å². The first-order valence-corrected chi connectivity index (χ1v) is 27.8. The Kier molecular flexibility index (Phi) is 17.9. The van der Waals surface area contributed by atoms with E-state index in [0.29, 0.717) is 16.7 Å². The fourth-order valence-electron chi connectivity index (χ4n) is 10.6. The van der Waals surface area contributed by atoms with Crippen LogP contribution in [0.25, 0.3) is 0 Å². The summed E-state index contributed by atoms with van der Waals surface area (Å²) in [6, 6.07) is 70.8. The molecule has 3 fully saturated rings. The lowest BCUT2D eigenvalue weighted by molar-refractivity contribution is -0.228. The number of rotatable bonds is 21. The summed E-state index contributed by atoms with van der Waals surface area (Å²) in [5.74, 6) is -6.06. The molecule has 86 heavy (non-hydrogen) atoms. The maximum absolute atomic E-state index is 14.6. The van der Waals surface area contributed by atoms with Gasteiger partial charge < -0.3 is 52.1 Å². The molecule has 17 heteroatoms. The normalized spacial score (nSPS) is 22.9. The Labute approximate surface area is 495 Å². The fraction of sp³-hybridized carbons (Fsp3) is 0.217. The molecular formula is C69H57NO16. The number of carbonyl (C=O) groups excluding carboxylic acids is 5. The Morgan fingerprint density at radius 2 is 0.779 bits per heavy atom. The van der Waals surface area contributed by atoms with Crippen LogP contribution in [0, 0.1) is 11.3 Å². The second-order valence-corrected chi connectivity index (χ2v) is 20.4. The average molecular weight is 1160 g/mol. The van der Waals surface area contributed by atoms with Crippen molar-refractivity contribution in [3.63, 3.8) is 0 Å². The number of ether oxygens (including phenoxy) is 11. The van der Waals surface area contributed by atoms with Crippen molar-refractivity contribution in [3.8, 4) is 6.07 Å². The van der Waals surface area contributed by atoms with Crippen molar-refractivity contribution < 1.29 is 76.1 Å². The minimum atomic E-state index is -1.83. The van der Waals surface area contributed by atoms with E-state index >= 15 is 0 Å². The molecule has 0 spiro atoms. The van der Waals surface area contributed by atoms with Gasteiger partial charge in [-0.2, -0.15) is 5.26 Å². The van der Waals surface area contributed by atoms with E-state index in [0.717, 1.165) is 0 Å². The van der Waals surface area contributed by atoms with Gasteiger partial charge in [0, 0.05) is 6.92 Å². The van der Waals surface area contributed by atoms with Crippen LogP contribution in [0.5, 0.6) is 0 Å². The SMILES string of the molecule is C[C@@]1(C#N)O[C@H]2O[C@@H]([C@@H](CO[C@@H]3O[C@@H]([C@@H](COC(c4ccccc4)(c4ccccc4)c4ccccc4)OC(=O)c4ccccc4)[C@H](OC(=O)c4ccccc4)[C@H]3OC(=O)c3ccccc3)OC(=O)c3ccccc3)[C@H](OC(=O)c3ccccc3)[C@H]2O1. The van der Waals surface area contributed by atoms with Crippen molar-refractivity contribution in [2.45, 2.75) is 79.7 Å². The summed E-state index contributed by atoms with van der Waals surface area (Å²) < 4.78 is 71.3. The molecule has 0 aromatic heterocycles. The summed E-state index contributed by atoms with van der Waals surface area (Å²) in [6.07, 6.45) is -15.3. The van der Waals surface area contributed by atoms with Crippen LogP contribution in [0.1, 0.15) is 75.4 Å². The van der Waals surface area contributed by atoms with Crippen LogP contribution >= 0.6 is 0 Å². The molecule has 0 saturated carbocycles. The van der Waals surface area contributed by atoms with Crippen LogP contribution in [0.4, 0.5) is 0 Å². The molecular weight excluding hydrogens is 1100 g/mol. The number of hydrogen-bond acceptors (Lipinski definition) is 17. The summed E-state index contributed by atoms with van der Waals surface area (Å²) >= 11 is 0. The van der Waals surface area contributed by atoms with Crippen LogP contribution in [0.3, 0.4) is 0 Å². The highest BCUT2D eigenvalue weighted by Gasteiger charge is 2.62. The lowest BCUT2D eigenvalue weighted by atomic mass is 9.80. The van der Waals surface area contributed by atoms with E-state index < -0.39 is 116 Å². The highest BCUT2D eigenvalue weighted by atomic mass is 16.8. The molecule has 0 aliphatic carbocycles. The molecule has 3 aliphatic heterocycles. The number of carbonyl (C=O) groups is 5. The standard InChI is InChI=1S/C69H57NO16/c1-68(44-70)85-60-58(81-64(74)48-32-16-5-17-33-48)55(84-67(60)86-68)53(78-61(71)45-26-10-2-11-27-45)42-76-66-59(82-65(75)49-34-18-6-19-35-49)57(80-63(73)47-30-14-4-15-31-47)56(83-66)54(79-62(72)46-28-12-3-13-29-46)43-77-69(50-36-20-7-21-37-50,51-38-22-8-23-39-51)52-40-24-9-25-41-52/h2-41,53-60,66-67H,42-43H2,1H3/t53-,54-,55+,56+,57+,58+,59-,60-,66-,67-,68+/m1/s1. The molecule has 0 bridgehead atoms. The van der Waals surface area contributed by atoms with Crippen LogP contribution in [0.15, 0.2) is 243 Å². The monoisotopic (exact) mass is 1160 g/mol. The third-order valence-corrected chi connectivity index (χ3v) is 14.8. The maximum Gasteiger partial charge on any atom is 0.338 e. The zero-order valence-corrected chi connectivity index (χ0v) is 46.3. The van der Waals surface area contributed by atoms with Crippen molar-refractivity contribution in [2.75, 3.05) is 13.2 Å². The highest BCUT2D eigenvalue weighted by Crippen LogP contribution is 2.44. The minimum Gasteiger partial charge on any atom is -0.453 e. The number of nitriles is 1. The Morgan fingerprint density at radius 3 is 1.17 bits per heavy atom. The number of nitrogens with zero attached hydrogens (tertiary/aromatic N) is 1. The van der Waals surface area contributed by atoms with Crippen molar-refractivity contribution in [3.05, 3.63) is 287 Å². The predicted octanol–water partition coefficient (Wildman–Crippen LogP) is 10.2. The van der Waals surface area contributed by atoms with E-state index in [1.807, 2.05) is 97.1 Å². The number of hydrogen-bond donors (Lipinski definition) is 0. The first-order valence-electron chi connectivity index (χ1n) is 27.8. The number of esters is 5. The second-order valence-electron chi connectivity index (χ2n) is 20.4. The van der Waals surface area contributed by atoms with Gasteiger partial charge in [-0.25, -0.2) is 24.0 Å². The molecule has 0 N–H and O–H groups in total. The molecule has 17 nitrogen and oxygen atoms in total. The van der Waals surface area contributed by atoms with Crippen molar-refractivity contribution in [2.24, 2.45) is 0 Å². The molecule has 3 saturated heterocycles. The van der Waals surface area contributed by atoms with Crippen LogP contribution in [0.2, 0.25) is 0 Å². The third-order valence-electron chi connectivity index (χ3n) is 14.8. The van der Waals surface area contributed by atoms with Gasteiger partial charge in [0.2, 0.25) is 0 Å². The molecule has 0 amide bonds. The summed E-state index contributed by atoms with van der Waals surface area (Å²) in [5.41, 5.74) is 1.36. The lowest BCUT2D eigenvalue weighted by Crippen LogP contribution is -2.49. The molecule has 3 heterocycles. The first kappa shape index (κ1) is 58.1. The Bertz CT molecular complexity index is 3520. The number of benzene rings is 8. The Morgan fingerprint density at radius 1 is 0.442 bits per heavy atom.